The van der Waals surface area contributed by atoms with E-state index < -0.39 is 6.85 Å². The van der Waals surface area contributed by atoms with Gasteiger partial charge in [0.05, 0.1) is 5.69 Å². The van der Waals surface area contributed by atoms with E-state index in [1.165, 1.54) is 49.9 Å². The Morgan fingerprint density at radius 1 is 0.477 bits per heavy atom. The van der Waals surface area contributed by atoms with Crippen LogP contribution < -0.4 is 26.2 Å². The van der Waals surface area contributed by atoms with Crippen molar-refractivity contribution < 1.29 is 4.11 Å². The molecule has 4 aliphatic rings. The molecule has 0 radical (unpaired) electrons. The molecule has 0 N–H and O–H groups in total. The number of fused-ring (bicyclic) bond motifs is 6. The van der Waals surface area contributed by atoms with Gasteiger partial charge in [-0.1, -0.05) is 167 Å². The van der Waals surface area contributed by atoms with Gasteiger partial charge in [-0.15, -0.1) is 0 Å². The van der Waals surface area contributed by atoms with Crippen LogP contribution in [0.2, 0.25) is 0 Å². The summed E-state index contributed by atoms with van der Waals surface area (Å²) >= 11 is 0. The van der Waals surface area contributed by atoms with Crippen molar-refractivity contribution in [2.45, 2.75) is 130 Å². The SMILES string of the molecule is [2H]C([2H])([2H])c1cc2c3c(c1)N(c1ccc(C(C)(C)C)cc1-c1ccccc1)c1cc4c(cc1B3c1cc(-c3ccccc3)ccc1N2c1cc2c(cc1C)C(C)(C)CC2(C)C)C(C)(C)CC4(C)C. The second-order valence-corrected chi connectivity index (χ2v) is 23.5. The van der Waals surface area contributed by atoms with Crippen molar-refractivity contribution >= 4 is 57.2 Å². The standard InChI is InChI=1S/C62H65BN2/c1-38-28-55-57-56(29-38)65(53-34-47-45(30-39(53)2)59(6,7)36-61(47,10)11)52-26-24-42(40-20-16-14-17-21-40)31-49(52)63(57)50-33-46-48(62(12,13)37-60(46,8)9)35-54(50)64(55)51-27-25-43(58(3,4)5)32-44(51)41-22-18-15-19-23-41/h14-35H,36-37H2,1-13H3/i1D3. The molecule has 0 saturated carbocycles. The van der Waals surface area contributed by atoms with Gasteiger partial charge in [0.2, 0.25) is 0 Å². The van der Waals surface area contributed by atoms with E-state index in [9.17, 15) is 4.11 Å². The first-order chi connectivity index (χ1) is 31.9. The Balaban J connectivity index is 1.31. The molecule has 0 unspecified atom stereocenters. The average Bonchev–Trinajstić information content (AvgIpc) is 3.58. The van der Waals surface area contributed by atoms with E-state index >= 15 is 0 Å². The van der Waals surface area contributed by atoms with Gasteiger partial charge in [0.1, 0.15) is 0 Å². The summed E-state index contributed by atoms with van der Waals surface area (Å²) in [5.41, 5.74) is 22.5. The zero-order chi connectivity index (χ0) is 48.2. The molecule has 0 atom stereocenters. The highest BCUT2D eigenvalue weighted by Crippen LogP contribution is 2.55. The summed E-state index contributed by atoms with van der Waals surface area (Å²) in [5, 5.41) is 0. The molecule has 7 aromatic rings. The maximum atomic E-state index is 9.19. The van der Waals surface area contributed by atoms with Crippen molar-refractivity contribution in [2.24, 2.45) is 0 Å². The van der Waals surface area contributed by atoms with Crippen molar-refractivity contribution in [1.82, 2.24) is 0 Å². The minimum absolute atomic E-state index is 0.0315. The molecule has 0 aromatic heterocycles. The predicted molar refractivity (Wildman–Crippen MR) is 281 cm³/mol. The summed E-state index contributed by atoms with van der Waals surface area (Å²) < 4.78 is 27.6. The summed E-state index contributed by atoms with van der Waals surface area (Å²) in [6.45, 7) is 25.7. The molecule has 2 heterocycles. The molecule has 0 spiro atoms. The smallest absolute Gasteiger partial charge is 0.252 e. The second kappa shape index (κ2) is 13.9. The zero-order valence-electron chi connectivity index (χ0n) is 43.6. The molecule has 11 rings (SSSR count). The van der Waals surface area contributed by atoms with Crippen LogP contribution in [0.3, 0.4) is 0 Å². The highest BCUT2D eigenvalue weighted by molar-refractivity contribution is 7.00. The molecule has 0 bridgehead atoms. The summed E-state index contributed by atoms with van der Waals surface area (Å²) in [4.78, 5) is 4.90. The lowest BCUT2D eigenvalue weighted by atomic mass is 9.33. The molecule has 2 aliphatic heterocycles. The first kappa shape index (κ1) is 38.5. The van der Waals surface area contributed by atoms with Crippen LogP contribution in [0, 0.1) is 13.8 Å². The van der Waals surface area contributed by atoms with Gasteiger partial charge in [-0.25, -0.2) is 0 Å². The van der Waals surface area contributed by atoms with Crippen LogP contribution in [0.15, 0.2) is 133 Å². The number of rotatable bonds is 4. The number of anilines is 6. The van der Waals surface area contributed by atoms with Crippen LogP contribution in [-0.2, 0) is 27.1 Å². The van der Waals surface area contributed by atoms with Crippen molar-refractivity contribution in [3.05, 3.63) is 172 Å². The van der Waals surface area contributed by atoms with Gasteiger partial charge < -0.3 is 9.80 Å². The van der Waals surface area contributed by atoms with Gasteiger partial charge >= 0.3 is 0 Å². The number of aryl methyl sites for hydroxylation is 2. The Morgan fingerprint density at radius 3 is 1.57 bits per heavy atom. The normalized spacial score (nSPS) is 18.8. The Kier molecular flexibility index (Phi) is 8.21. The van der Waals surface area contributed by atoms with Crippen LogP contribution in [0.25, 0.3) is 22.3 Å². The molecule has 0 amide bonds. The molecule has 0 saturated heterocycles. The third-order valence-corrected chi connectivity index (χ3v) is 15.8. The second-order valence-electron chi connectivity index (χ2n) is 23.5. The molecule has 2 aliphatic carbocycles. The van der Waals surface area contributed by atoms with E-state index in [2.05, 4.69) is 214 Å². The van der Waals surface area contributed by atoms with Gasteiger partial charge in [-0.3, -0.25) is 0 Å². The molecule has 3 heteroatoms. The fourth-order valence-electron chi connectivity index (χ4n) is 13.2. The Bertz CT molecular complexity index is 3220. The lowest BCUT2D eigenvalue weighted by Gasteiger charge is -2.46. The van der Waals surface area contributed by atoms with Crippen LogP contribution in [0.5, 0.6) is 0 Å². The highest BCUT2D eigenvalue weighted by Gasteiger charge is 2.49. The van der Waals surface area contributed by atoms with E-state index in [4.69, 9.17) is 0 Å². The largest absolute Gasteiger partial charge is 0.311 e. The molecule has 2 nitrogen and oxygen atoms in total. The summed E-state index contributed by atoms with van der Waals surface area (Å²) in [6.07, 6.45) is 2.09. The highest BCUT2D eigenvalue weighted by atomic mass is 15.2. The molecule has 326 valence electrons. The third-order valence-electron chi connectivity index (χ3n) is 15.8. The topological polar surface area (TPSA) is 6.48 Å². The lowest BCUT2D eigenvalue weighted by molar-refractivity contribution is 0.402. The number of nitrogens with zero attached hydrogens (tertiary/aromatic N) is 2. The lowest BCUT2D eigenvalue weighted by Crippen LogP contribution is -2.61. The Hall–Kier alpha value is -5.80. The van der Waals surface area contributed by atoms with Crippen molar-refractivity contribution in [3.8, 4) is 22.3 Å². The average molecular weight is 852 g/mol. The fraction of sp³-hybridized carbons (Fsp3) is 0.323. The minimum Gasteiger partial charge on any atom is -0.311 e. The number of hydrogen-bond donors (Lipinski definition) is 0. The predicted octanol–water partition coefficient (Wildman–Crippen LogP) is 14.9. The van der Waals surface area contributed by atoms with E-state index in [0.717, 1.165) is 69.1 Å². The molecular formula is C62H65BN2. The maximum Gasteiger partial charge on any atom is 0.252 e. The minimum atomic E-state index is -2.38. The van der Waals surface area contributed by atoms with Gasteiger partial charge in [-0.05, 0) is 168 Å². The number of benzene rings is 7. The van der Waals surface area contributed by atoms with Crippen molar-refractivity contribution in [3.63, 3.8) is 0 Å². The maximum absolute atomic E-state index is 9.19. The number of hydrogen-bond acceptors (Lipinski definition) is 2. The summed E-state index contributed by atoms with van der Waals surface area (Å²) in [5.74, 6) is 0. The monoisotopic (exact) mass is 852 g/mol. The van der Waals surface area contributed by atoms with Gasteiger partial charge in [0.15, 0.2) is 0 Å². The zero-order valence-corrected chi connectivity index (χ0v) is 40.6. The quantitative estimate of drug-likeness (QED) is 0.163. The van der Waals surface area contributed by atoms with Gasteiger partial charge in [0, 0.05) is 38.1 Å². The van der Waals surface area contributed by atoms with Crippen LogP contribution in [0.4, 0.5) is 34.1 Å². The van der Waals surface area contributed by atoms with Gasteiger partial charge in [0.25, 0.3) is 6.71 Å². The summed E-state index contributed by atoms with van der Waals surface area (Å²) in [7, 11) is 0. The van der Waals surface area contributed by atoms with Crippen molar-refractivity contribution in [1.29, 1.82) is 0 Å². The van der Waals surface area contributed by atoms with E-state index in [-0.39, 0.29) is 33.8 Å². The third kappa shape index (κ3) is 6.35. The summed E-state index contributed by atoms with van der Waals surface area (Å²) in [6, 6.07) is 49.5. The van der Waals surface area contributed by atoms with Crippen LogP contribution in [-0.4, -0.2) is 6.71 Å². The van der Waals surface area contributed by atoms with E-state index in [0.29, 0.717) is 5.56 Å². The van der Waals surface area contributed by atoms with E-state index in [1.807, 2.05) is 12.1 Å². The Labute approximate surface area is 394 Å². The fourth-order valence-corrected chi connectivity index (χ4v) is 13.2. The first-order valence-electron chi connectivity index (χ1n) is 25.4. The van der Waals surface area contributed by atoms with Crippen molar-refractivity contribution in [2.75, 3.05) is 9.80 Å². The Morgan fingerprint density at radius 2 is 0.985 bits per heavy atom. The van der Waals surface area contributed by atoms with Crippen LogP contribution in [0.1, 0.15) is 132 Å². The van der Waals surface area contributed by atoms with E-state index in [1.54, 1.807) is 0 Å². The molecule has 7 aromatic carbocycles. The molecule has 0 fully saturated rings. The van der Waals surface area contributed by atoms with Crippen LogP contribution >= 0.6 is 0 Å². The first-order valence-corrected chi connectivity index (χ1v) is 23.9. The molecule has 65 heavy (non-hydrogen) atoms. The van der Waals surface area contributed by atoms with Gasteiger partial charge in [-0.2, -0.15) is 0 Å². The molecular weight excluding hydrogens is 784 g/mol.